The van der Waals surface area contributed by atoms with Gasteiger partial charge in [0.25, 0.3) is 0 Å². The van der Waals surface area contributed by atoms with Gasteiger partial charge in [-0.1, -0.05) is 5.16 Å². The first-order valence-corrected chi connectivity index (χ1v) is 9.52. The van der Waals surface area contributed by atoms with Crippen LogP contribution in [0.5, 0.6) is 0 Å². The van der Waals surface area contributed by atoms with E-state index in [9.17, 15) is 21.6 Å². The summed E-state index contributed by atoms with van der Waals surface area (Å²) in [4.78, 5) is 1.16. The molecule has 0 aromatic carbocycles. The summed E-state index contributed by atoms with van der Waals surface area (Å²) in [6.07, 6.45) is -3.12. The second kappa shape index (κ2) is 5.85. The number of sulfonamides is 1. The van der Waals surface area contributed by atoms with Gasteiger partial charge in [-0.05, 0) is 26.7 Å². The Labute approximate surface area is 141 Å². The van der Waals surface area contributed by atoms with E-state index in [4.69, 9.17) is 0 Å². The summed E-state index contributed by atoms with van der Waals surface area (Å²) < 4.78 is 69.8. The van der Waals surface area contributed by atoms with Crippen molar-refractivity contribution < 1.29 is 26.1 Å². The summed E-state index contributed by atoms with van der Waals surface area (Å²) in [6.45, 7) is 4.15. The molecule has 1 fully saturated rings. The maximum absolute atomic E-state index is 12.9. The quantitative estimate of drug-likeness (QED) is 0.812. The van der Waals surface area contributed by atoms with Crippen LogP contribution in [0.2, 0.25) is 0 Å². The molecule has 5 nitrogen and oxygen atoms in total. The van der Waals surface area contributed by atoms with E-state index < -0.39 is 22.0 Å². The fourth-order valence-corrected chi connectivity index (χ4v) is 6.20. The molecule has 24 heavy (non-hydrogen) atoms. The molecule has 0 radical (unpaired) electrons. The van der Waals surface area contributed by atoms with Crippen LogP contribution in [0, 0.1) is 13.8 Å². The van der Waals surface area contributed by atoms with E-state index in [0.717, 1.165) is 18.9 Å². The molecule has 3 rings (SSSR count). The lowest BCUT2D eigenvalue weighted by Gasteiger charge is -2.16. The Morgan fingerprint density at radius 3 is 2.38 bits per heavy atom. The van der Waals surface area contributed by atoms with E-state index in [-0.39, 0.29) is 16.2 Å². The minimum Gasteiger partial charge on any atom is -0.351 e. The molecule has 10 heteroatoms. The number of rotatable bonds is 3. The van der Waals surface area contributed by atoms with Crippen LogP contribution in [0.3, 0.4) is 0 Å². The maximum Gasteiger partial charge on any atom is 0.452 e. The zero-order valence-corrected chi connectivity index (χ0v) is 14.6. The van der Waals surface area contributed by atoms with Gasteiger partial charge in [-0.3, -0.25) is 0 Å². The third kappa shape index (κ3) is 2.86. The minimum absolute atomic E-state index is 0.0360. The van der Waals surface area contributed by atoms with Crippen molar-refractivity contribution in [3.8, 4) is 11.3 Å². The van der Waals surface area contributed by atoms with E-state index in [1.807, 2.05) is 0 Å². The molecule has 0 amide bonds. The van der Waals surface area contributed by atoms with Crippen LogP contribution in [-0.4, -0.2) is 31.0 Å². The molecule has 0 unspecified atom stereocenters. The van der Waals surface area contributed by atoms with E-state index in [2.05, 4.69) is 9.68 Å². The van der Waals surface area contributed by atoms with Gasteiger partial charge < -0.3 is 4.52 Å². The summed E-state index contributed by atoms with van der Waals surface area (Å²) in [5, 5.41) is 3.46. The largest absolute Gasteiger partial charge is 0.452 e. The third-order valence-electron chi connectivity index (χ3n) is 3.91. The van der Waals surface area contributed by atoms with E-state index in [1.54, 1.807) is 13.8 Å². The van der Waals surface area contributed by atoms with Crippen LogP contribution in [0.4, 0.5) is 13.2 Å². The normalized spacial score (nSPS) is 16.9. The van der Waals surface area contributed by atoms with Crippen LogP contribution in [0.1, 0.15) is 28.4 Å². The Kier molecular flexibility index (Phi) is 4.25. The summed E-state index contributed by atoms with van der Waals surface area (Å²) >= 11 is 1.22. The molecule has 1 aliphatic rings. The predicted molar refractivity (Wildman–Crippen MR) is 82.3 cm³/mol. The van der Waals surface area contributed by atoms with Crippen LogP contribution in [0.15, 0.2) is 15.5 Å². The molecule has 0 spiro atoms. The zero-order chi connectivity index (χ0) is 17.7. The van der Waals surface area contributed by atoms with Crippen molar-refractivity contribution in [1.82, 2.24) is 9.46 Å². The van der Waals surface area contributed by atoms with Crippen LogP contribution < -0.4 is 0 Å². The van der Waals surface area contributed by atoms with Gasteiger partial charge in [0.1, 0.15) is 10.6 Å². The molecule has 0 bridgehead atoms. The maximum atomic E-state index is 12.9. The lowest BCUT2D eigenvalue weighted by Crippen LogP contribution is -2.28. The molecule has 0 atom stereocenters. The molecule has 2 aromatic rings. The number of hydrogen-bond acceptors (Lipinski definition) is 5. The predicted octanol–water partition coefficient (Wildman–Crippen LogP) is 3.82. The summed E-state index contributed by atoms with van der Waals surface area (Å²) in [5.74, 6) is -1.25. The van der Waals surface area contributed by atoms with E-state index >= 15 is 0 Å². The molecule has 1 saturated heterocycles. The van der Waals surface area contributed by atoms with Crippen LogP contribution >= 0.6 is 11.3 Å². The van der Waals surface area contributed by atoms with Gasteiger partial charge in [0, 0.05) is 34.5 Å². The van der Waals surface area contributed by atoms with Crippen molar-refractivity contribution in [1.29, 1.82) is 0 Å². The molecule has 2 aromatic heterocycles. The Hall–Kier alpha value is -1.39. The Morgan fingerprint density at radius 2 is 1.83 bits per heavy atom. The SMILES string of the molecule is Cc1sc(C)c(S(=O)(=O)N2CCCC2)c1-c1cc(C(F)(F)F)on1. The van der Waals surface area contributed by atoms with Gasteiger partial charge in [0.05, 0.1) is 0 Å². The number of nitrogens with zero attached hydrogens (tertiary/aromatic N) is 2. The number of hydrogen-bond donors (Lipinski definition) is 0. The topological polar surface area (TPSA) is 63.4 Å². The average molecular weight is 380 g/mol. The zero-order valence-electron chi connectivity index (χ0n) is 13.0. The summed E-state index contributed by atoms with van der Waals surface area (Å²) in [7, 11) is -3.77. The highest BCUT2D eigenvalue weighted by Gasteiger charge is 2.38. The number of aromatic nitrogens is 1. The third-order valence-corrected chi connectivity index (χ3v) is 7.13. The Bertz CT molecular complexity index is 862. The molecule has 3 heterocycles. The fourth-order valence-electron chi connectivity index (χ4n) is 2.85. The lowest BCUT2D eigenvalue weighted by molar-refractivity contribution is -0.155. The monoisotopic (exact) mass is 380 g/mol. The van der Waals surface area contributed by atoms with Crippen molar-refractivity contribution in [3.05, 3.63) is 21.6 Å². The fraction of sp³-hybridized carbons (Fsp3) is 0.500. The van der Waals surface area contributed by atoms with Crippen LogP contribution in [0.25, 0.3) is 11.3 Å². The first-order valence-electron chi connectivity index (χ1n) is 7.27. The van der Waals surface area contributed by atoms with Gasteiger partial charge in [-0.15, -0.1) is 11.3 Å². The van der Waals surface area contributed by atoms with Crippen molar-refractivity contribution >= 4 is 21.4 Å². The Morgan fingerprint density at radius 1 is 1.21 bits per heavy atom. The Balaban J connectivity index is 2.15. The molecular formula is C14H15F3N2O3S2. The highest BCUT2D eigenvalue weighted by Crippen LogP contribution is 2.42. The lowest BCUT2D eigenvalue weighted by atomic mass is 10.1. The van der Waals surface area contributed by atoms with Gasteiger partial charge in [0.15, 0.2) is 0 Å². The molecule has 132 valence electrons. The summed E-state index contributed by atoms with van der Waals surface area (Å²) in [6, 6.07) is 0.748. The second-order valence-corrected chi connectivity index (χ2v) is 8.91. The standard InChI is InChI=1S/C14H15F3N2O3S2/c1-8-12(10-7-11(22-18-10)14(15,16)17)13(9(2)23-8)24(20,21)19-5-3-4-6-19/h7H,3-6H2,1-2H3. The second-order valence-electron chi connectivity index (χ2n) is 5.60. The van der Waals surface area contributed by atoms with Crippen molar-refractivity contribution in [2.75, 3.05) is 13.1 Å². The van der Waals surface area contributed by atoms with Gasteiger partial charge in [-0.25, -0.2) is 8.42 Å². The molecule has 0 saturated carbocycles. The minimum atomic E-state index is -4.67. The number of halogens is 3. The number of aryl methyl sites for hydroxylation is 2. The highest BCUT2D eigenvalue weighted by atomic mass is 32.2. The molecule has 1 aliphatic heterocycles. The van der Waals surface area contributed by atoms with E-state index in [1.165, 1.54) is 15.6 Å². The first kappa shape index (κ1) is 17.4. The number of alkyl halides is 3. The van der Waals surface area contributed by atoms with Crippen molar-refractivity contribution in [3.63, 3.8) is 0 Å². The van der Waals surface area contributed by atoms with E-state index in [0.29, 0.717) is 22.8 Å². The van der Waals surface area contributed by atoms with Gasteiger partial charge in [0.2, 0.25) is 15.8 Å². The van der Waals surface area contributed by atoms with Crippen molar-refractivity contribution in [2.45, 2.75) is 37.8 Å². The first-order chi connectivity index (χ1) is 11.1. The van der Waals surface area contributed by atoms with Gasteiger partial charge in [-0.2, -0.15) is 17.5 Å². The van der Waals surface area contributed by atoms with Gasteiger partial charge >= 0.3 is 6.18 Å². The molecular weight excluding hydrogens is 365 g/mol. The molecule has 0 aliphatic carbocycles. The molecule has 0 N–H and O–H groups in total. The smallest absolute Gasteiger partial charge is 0.351 e. The summed E-state index contributed by atoms with van der Waals surface area (Å²) in [5.41, 5.74) is 0.0885. The van der Waals surface area contributed by atoms with Crippen molar-refractivity contribution in [2.24, 2.45) is 0 Å². The average Bonchev–Trinajstić information content (AvgIpc) is 3.15. The van der Waals surface area contributed by atoms with Crippen LogP contribution in [-0.2, 0) is 16.2 Å². The highest BCUT2D eigenvalue weighted by molar-refractivity contribution is 7.89. The number of thiophene rings is 1.